The second kappa shape index (κ2) is 7.07. The molecule has 2 atom stereocenters. The third-order valence-electron chi connectivity index (χ3n) is 4.38. The molecule has 1 saturated carbocycles. The summed E-state index contributed by atoms with van der Waals surface area (Å²) >= 11 is 0. The molecule has 1 N–H and O–H groups in total. The van der Waals surface area contributed by atoms with Gasteiger partial charge in [0.25, 0.3) is 5.91 Å². The molecule has 0 bridgehead atoms. The Morgan fingerprint density at radius 2 is 1.90 bits per heavy atom. The van der Waals surface area contributed by atoms with Crippen molar-refractivity contribution in [2.75, 3.05) is 6.54 Å². The summed E-state index contributed by atoms with van der Waals surface area (Å²) in [6.45, 7) is 2.47. The van der Waals surface area contributed by atoms with Gasteiger partial charge in [-0.1, -0.05) is 26.2 Å². The second-order valence-electron chi connectivity index (χ2n) is 5.82. The number of rotatable bonds is 5. The van der Waals surface area contributed by atoms with Crippen LogP contribution in [0.15, 0.2) is 0 Å². The van der Waals surface area contributed by atoms with Crippen LogP contribution in [0.5, 0.6) is 0 Å². The van der Waals surface area contributed by atoms with E-state index in [1.54, 1.807) is 0 Å². The quantitative estimate of drug-likeness (QED) is 0.840. The normalized spacial score (nSPS) is 25.6. The molecule has 5 nitrogen and oxygen atoms in total. The average Bonchev–Trinajstić information content (AvgIpc) is 2.94. The smallest absolute Gasteiger partial charge is 0.326 e. The lowest BCUT2D eigenvalue weighted by atomic mass is 9.97. The van der Waals surface area contributed by atoms with E-state index in [1.165, 1.54) is 11.3 Å². The monoisotopic (exact) mass is 283 g/mol. The summed E-state index contributed by atoms with van der Waals surface area (Å²) in [6.07, 6.45) is 7.24. The average molecular weight is 283 g/mol. The SMILES string of the molecule is CCC(OC1CCCCC1)C(=O)N1CCC[C@H]1C(=O)O. The molecule has 1 amide bonds. The molecule has 0 aromatic carbocycles. The zero-order valence-electron chi connectivity index (χ0n) is 12.2. The Balaban J connectivity index is 1.95. The standard InChI is InChI=1S/C15H25NO4/c1-2-13(20-11-7-4-3-5-8-11)14(17)16-10-6-9-12(16)15(18)19/h11-13H,2-10H2,1H3,(H,18,19)/t12-,13?/m0/s1. The molecule has 1 saturated heterocycles. The first-order chi connectivity index (χ1) is 9.63. The number of carboxylic acid groups (broad SMARTS) is 1. The number of likely N-dealkylation sites (tertiary alicyclic amines) is 1. The van der Waals surface area contributed by atoms with Crippen molar-refractivity contribution in [1.29, 1.82) is 0 Å². The summed E-state index contributed by atoms with van der Waals surface area (Å²) in [4.78, 5) is 25.2. The molecule has 2 fully saturated rings. The van der Waals surface area contributed by atoms with Crippen LogP contribution < -0.4 is 0 Å². The molecular formula is C15H25NO4. The predicted octanol–water partition coefficient (Wildman–Crippen LogP) is 2.19. The lowest BCUT2D eigenvalue weighted by Gasteiger charge is -2.30. The van der Waals surface area contributed by atoms with Crippen molar-refractivity contribution in [1.82, 2.24) is 4.90 Å². The van der Waals surface area contributed by atoms with Gasteiger partial charge in [-0.25, -0.2) is 4.79 Å². The van der Waals surface area contributed by atoms with E-state index in [2.05, 4.69) is 0 Å². The van der Waals surface area contributed by atoms with E-state index < -0.39 is 18.1 Å². The summed E-state index contributed by atoms with van der Waals surface area (Å²) in [5.41, 5.74) is 0. The van der Waals surface area contributed by atoms with Crippen LogP contribution in [0, 0.1) is 0 Å². The number of hydrogen-bond acceptors (Lipinski definition) is 3. The maximum atomic E-state index is 12.5. The van der Waals surface area contributed by atoms with E-state index in [0.717, 1.165) is 32.1 Å². The van der Waals surface area contributed by atoms with E-state index >= 15 is 0 Å². The van der Waals surface area contributed by atoms with Crippen LogP contribution in [0.2, 0.25) is 0 Å². The van der Waals surface area contributed by atoms with Crippen LogP contribution in [0.3, 0.4) is 0 Å². The molecule has 1 unspecified atom stereocenters. The summed E-state index contributed by atoms with van der Waals surface area (Å²) in [6, 6.07) is -0.661. The number of ether oxygens (including phenoxy) is 1. The van der Waals surface area contributed by atoms with E-state index in [9.17, 15) is 14.7 Å². The fourth-order valence-corrected chi connectivity index (χ4v) is 3.23. The highest BCUT2D eigenvalue weighted by molar-refractivity contribution is 5.87. The van der Waals surface area contributed by atoms with Crippen molar-refractivity contribution in [2.45, 2.75) is 76.5 Å². The van der Waals surface area contributed by atoms with Crippen LogP contribution in [0.4, 0.5) is 0 Å². The number of amides is 1. The first kappa shape index (κ1) is 15.3. The molecule has 2 rings (SSSR count). The van der Waals surface area contributed by atoms with Crippen molar-refractivity contribution >= 4 is 11.9 Å². The summed E-state index contributed by atoms with van der Waals surface area (Å²) in [7, 11) is 0. The summed E-state index contributed by atoms with van der Waals surface area (Å²) in [5.74, 6) is -1.04. The molecule has 1 aliphatic carbocycles. The van der Waals surface area contributed by atoms with Crippen molar-refractivity contribution in [3.8, 4) is 0 Å². The molecule has 114 valence electrons. The van der Waals surface area contributed by atoms with Gasteiger partial charge in [-0.2, -0.15) is 0 Å². The third kappa shape index (κ3) is 3.51. The van der Waals surface area contributed by atoms with Crippen LogP contribution in [0.1, 0.15) is 58.3 Å². The molecule has 0 spiro atoms. The number of carboxylic acids is 1. The molecule has 0 aromatic heterocycles. The summed E-state index contributed by atoms with van der Waals surface area (Å²) in [5, 5.41) is 9.17. The van der Waals surface area contributed by atoms with Crippen molar-refractivity contribution in [2.24, 2.45) is 0 Å². The van der Waals surface area contributed by atoms with Gasteiger partial charge < -0.3 is 14.7 Å². The number of nitrogens with zero attached hydrogens (tertiary/aromatic N) is 1. The maximum Gasteiger partial charge on any atom is 0.326 e. The largest absolute Gasteiger partial charge is 0.480 e. The Hall–Kier alpha value is -1.10. The Kier molecular flexibility index (Phi) is 5.40. The Bertz CT molecular complexity index is 352. The molecule has 5 heteroatoms. The zero-order chi connectivity index (χ0) is 14.5. The second-order valence-corrected chi connectivity index (χ2v) is 5.82. The molecule has 20 heavy (non-hydrogen) atoms. The van der Waals surface area contributed by atoms with Crippen LogP contribution in [0.25, 0.3) is 0 Å². The molecule has 1 aliphatic heterocycles. The number of aliphatic carboxylic acids is 1. The Labute approximate surface area is 120 Å². The van der Waals surface area contributed by atoms with Gasteiger partial charge >= 0.3 is 5.97 Å². The van der Waals surface area contributed by atoms with Gasteiger partial charge in [-0.05, 0) is 32.1 Å². The number of carbonyl (C=O) groups excluding carboxylic acids is 1. The minimum Gasteiger partial charge on any atom is -0.480 e. The highest BCUT2D eigenvalue weighted by atomic mass is 16.5. The Morgan fingerprint density at radius 1 is 1.20 bits per heavy atom. The van der Waals surface area contributed by atoms with Crippen molar-refractivity contribution in [3.05, 3.63) is 0 Å². The fraction of sp³-hybridized carbons (Fsp3) is 0.867. The number of hydrogen-bond donors (Lipinski definition) is 1. The highest BCUT2D eigenvalue weighted by Gasteiger charge is 2.37. The number of carbonyl (C=O) groups is 2. The van der Waals surface area contributed by atoms with Gasteiger partial charge in [0.2, 0.25) is 0 Å². The highest BCUT2D eigenvalue weighted by Crippen LogP contribution is 2.25. The minimum absolute atomic E-state index is 0.136. The van der Waals surface area contributed by atoms with Gasteiger partial charge in [0.05, 0.1) is 6.10 Å². The van der Waals surface area contributed by atoms with Crippen LogP contribution >= 0.6 is 0 Å². The fourth-order valence-electron chi connectivity index (χ4n) is 3.23. The van der Waals surface area contributed by atoms with E-state index in [0.29, 0.717) is 19.4 Å². The van der Waals surface area contributed by atoms with Gasteiger partial charge in [0.1, 0.15) is 12.1 Å². The topological polar surface area (TPSA) is 66.8 Å². The lowest BCUT2D eigenvalue weighted by Crippen LogP contribution is -2.47. The Morgan fingerprint density at radius 3 is 2.50 bits per heavy atom. The van der Waals surface area contributed by atoms with Crippen molar-refractivity contribution in [3.63, 3.8) is 0 Å². The van der Waals surface area contributed by atoms with E-state index in [4.69, 9.17) is 4.74 Å². The van der Waals surface area contributed by atoms with Crippen LogP contribution in [-0.2, 0) is 14.3 Å². The zero-order valence-corrected chi connectivity index (χ0v) is 12.2. The van der Waals surface area contributed by atoms with Gasteiger partial charge in [-0.15, -0.1) is 0 Å². The van der Waals surface area contributed by atoms with E-state index in [-0.39, 0.29) is 12.0 Å². The molecule has 0 radical (unpaired) electrons. The molecule has 0 aromatic rings. The maximum absolute atomic E-state index is 12.5. The molecule has 1 heterocycles. The summed E-state index contributed by atoms with van der Waals surface area (Å²) < 4.78 is 5.96. The minimum atomic E-state index is -0.900. The van der Waals surface area contributed by atoms with Crippen LogP contribution in [-0.4, -0.2) is 46.7 Å². The van der Waals surface area contributed by atoms with Gasteiger partial charge in [0, 0.05) is 6.54 Å². The van der Waals surface area contributed by atoms with Gasteiger partial charge in [0.15, 0.2) is 0 Å². The lowest BCUT2D eigenvalue weighted by molar-refractivity contribution is -0.157. The van der Waals surface area contributed by atoms with Crippen molar-refractivity contribution < 1.29 is 19.4 Å². The predicted molar refractivity (Wildman–Crippen MR) is 74.4 cm³/mol. The van der Waals surface area contributed by atoms with E-state index in [1.807, 2.05) is 6.92 Å². The first-order valence-electron chi connectivity index (χ1n) is 7.82. The third-order valence-corrected chi connectivity index (χ3v) is 4.38. The molecule has 2 aliphatic rings. The first-order valence-corrected chi connectivity index (χ1v) is 7.82. The van der Waals surface area contributed by atoms with Gasteiger partial charge in [-0.3, -0.25) is 4.79 Å². The molecular weight excluding hydrogens is 258 g/mol.